The summed E-state index contributed by atoms with van der Waals surface area (Å²) in [5.41, 5.74) is 10.4. The molecule has 0 aliphatic heterocycles. The van der Waals surface area contributed by atoms with Crippen molar-refractivity contribution >= 4 is 27.9 Å². The number of thiophene rings is 1. The molecule has 0 atom stereocenters. The van der Waals surface area contributed by atoms with E-state index in [0.717, 1.165) is 5.69 Å². The minimum absolute atomic E-state index is 0.804. The molecule has 0 saturated heterocycles. The van der Waals surface area contributed by atoms with E-state index in [9.17, 15) is 0 Å². The first-order valence-electron chi connectivity index (χ1n) is 7.22. The molecule has 2 aromatic carbocycles. The van der Waals surface area contributed by atoms with Gasteiger partial charge in [0.05, 0.1) is 0 Å². The number of aryl methyl sites for hydroxylation is 1. The van der Waals surface area contributed by atoms with Crippen LogP contribution in [0.5, 0.6) is 0 Å². The second-order valence-electron chi connectivity index (χ2n) is 5.49. The van der Waals surface area contributed by atoms with Gasteiger partial charge in [-0.05, 0) is 53.6 Å². The molecule has 0 fully saturated rings. The predicted octanol–water partition coefficient (Wildman–Crippen LogP) is 5.16. The van der Waals surface area contributed by atoms with Crippen LogP contribution in [0.1, 0.15) is 0 Å². The van der Waals surface area contributed by atoms with E-state index in [1.807, 2.05) is 18.2 Å². The van der Waals surface area contributed by atoms with Crippen LogP contribution in [-0.4, -0.2) is 4.57 Å². The zero-order valence-electron chi connectivity index (χ0n) is 12.3. The van der Waals surface area contributed by atoms with Crippen LogP contribution in [0.2, 0.25) is 0 Å². The molecule has 2 N–H and O–H groups in total. The van der Waals surface area contributed by atoms with Gasteiger partial charge in [-0.25, -0.2) is 0 Å². The van der Waals surface area contributed by atoms with Crippen molar-refractivity contribution in [2.75, 3.05) is 5.73 Å². The Balaban J connectivity index is 1.76. The fourth-order valence-corrected chi connectivity index (χ4v) is 3.77. The smallest absolute Gasteiger partial charge is 0.0478 e. The molecule has 2 aromatic heterocycles. The second-order valence-corrected chi connectivity index (χ2v) is 6.57. The van der Waals surface area contributed by atoms with Crippen molar-refractivity contribution in [2.24, 2.45) is 7.05 Å². The molecular formula is C19H16N2S. The molecule has 2 heterocycles. The van der Waals surface area contributed by atoms with Crippen LogP contribution >= 0.6 is 11.3 Å². The van der Waals surface area contributed by atoms with Crippen LogP contribution in [0.4, 0.5) is 5.69 Å². The van der Waals surface area contributed by atoms with Crippen molar-refractivity contribution in [1.82, 2.24) is 4.57 Å². The van der Waals surface area contributed by atoms with Crippen molar-refractivity contribution in [2.45, 2.75) is 0 Å². The molecular weight excluding hydrogens is 288 g/mol. The number of anilines is 1. The van der Waals surface area contributed by atoms with E-state index >= 15 is 0 Å². The van der Waals surface area contributed by atoms with E-state index in [2.05, 4.69) is 60.3 Å². The molecule has 3 heteroatoms. The van der Waals surface area contributed by atoms with Crippen LogP contribution in [-0.2, 0) is 7.05 Å². The Bertz CT molecular complexity index is 962. The standard InChI is InChI=1S/C19H16N2S/c1-21-10-9-13-11-15(5-6-17(13)21)19-8-7-18(22-19)14-3-2-4-16(20)12-14/h2-12H,20H2,1H3. The number of benzene rings is 2. The number of aromatic nitrogens is 1. The molecule has 0 radical (unpaired) electrons. The third kappa shape index (κ3) is 2.20. The van der Waals surface area contributed by atoms with Gasteiger partial charge in [0.2, 0.25) is 0 Å². The van der Waals surface area contributed by atoms with E-state index in [1.54, 1.807) is 11.3 Å². The lowest BCUT2D eigenvalue weighted by Gasteiger charge is -2.01. The van der Waals surface area contributed by atoms with E-state index in [0.29, 0.717) is 0 Å². The number of hydrogen-bond donors (Lipinski definition) is 1. The molecule has 0 aliphatic rings. The summed E-state index contributed by atoms with van der Waals surface area (Å²) in [4.78, 5) is 2.53. The highest BCUT2D eigenvalue weighted by atomic mass is 32.1. The lowest BCUT2D eigenvalue weighted by atomic mass is 10.1. The average molecular weight is 304 g/mol. The lowest BCUT2D eigenvalue weighted by Crippen LogP contribution is -1.83. The average Bonchev–Trinajstić information content (AvgIpc) is 3.15. The van der Waals surface area contributed by atoms with Crippen molar-refractivity contribution in [1.29, 1.82) is 0 Å². The molecule has 2 nitrogen and oxygen atoms in total. The molecule has 0 amide bonds. The van der Waals surface area contributed by atoms with Gasteiger partial charge in [0.15, 0.2) is 0 Å². The van der Waals surface area contributed by atoms with Gasteiger partial charge in [0, 0.05) is 39.6 Å². The largest absolute Gasteiger partial charge is 0.399 e. The number of rotatable bonds is 2. The second kappa shape index (κ2) is 5.04. The van der Waals surface area contributed by atoms with Gasteiger partial charge in [-0.1, -0.05) is 18.2 Å². The molecule has 108 valence electrons. The Hall–Kier alpha value is -2.52. The van der Waals surface area contributed by atoms with Crippen LogP contribution < -0.4 is 5.73 Å². The van der Waals surface area contributed by atoms with Crippen LogP contribution in [0.25, 0.3) is 31.8 Å². The van der Waals surface area contributed by atoms with Gasteiger partial charge in [-0.15, -0.1) is 11.3 Å². The first kappa shape index (κ1) is 13.2. The third-order valence-electron chi connectivity index (χ3n) is 3.95. The Morgan fingerprint density at radius 1 is 0.864 bits per heavy atom. The van der Waals surface area contributed by atoms with Crippen molar-refractivity contribution < 1.29 is 0 Å². The number of nitrogen functional groups attached to an aromatic ring is 1. The maximum Gasteiger partial charge on any atom is 0.0478 e. The minimum Gasteiger partial charge on any atom is -0.399 e. The Kier molecular flexibility index (Phi) is 3.01. The number of nitrogens with zero attached hydrogens (tertiary/aromatic N) is 1. The first-order valence-corrected chi connectivity index (χ1v) is 8.03. The molecule has 22 heavy (non-hydrogen) atoms. The van der Waals surface area contributed by atoms with E-state index in [-0.39, 0.29) is 0 Å². The highest BCUT2D eigenvalue weighted by Crippen LogP contribution is 2.36. The zero-order chi connectivity index (χ0) is 15.1. The Morgan fingerprint density at radius 3 is 2.41 bits per heavy atom. The highest BCUT2D eigenvalue weighted by molar-refractivity contribution is 7.18. The maximum atomic E-state index is 5.88. The molecule has 0 saturated carbocycles. The van der Waals surface area contributed by atoms with Gasteiger partial charge < -0.3 is 10.3 Å². The first-order chi connectivity index (χ1) is 10.7. The maximum absolute atomic E-state index is 5.88. The van der Waals surface area contributed by atoms with Gasteiger partial charge in [0.1, 0.15) is 0 Å². The highest BCUT2D eigenvalue weighted by Gasteiger charge is 2.07. The van der Waals surface area contributed by atoms with Gasteiger partial charge in [-0.3, -0.25) is 0 Å². The van der Waals surface area contributed by atoms with Gasteiger partial charge in [-0.2, -0.15) is 0 Å². The molecule has 0 aliphatic carbocycles. The number of fused-ring (bicyclic) bond motifs is 1. The molecule has 4 rings (SSSR count). The van der Waals surface area contributed by atoms with Crippen molar-refractivity contribution in [3.63, 3.8) is 0 Å². The van der Waals surface area contributed by atoms with Crippen LogP contribution in [0.15, 0.2) is 66.9 Å². The topological polar surface area (TPSA) is 30.9 Å². The molecule has 4 aromatic rings. The summed E-state index contributed by atoms with van der Waals surface area (Å²) in [6.07, 6.45) is 2.10. The van der Waals surface area contributed by atoms with Gasteiger partial charge in [0.25, 0.3) is 0 Å². The van der Waals surface area contributed by atoms with Crippen LogP contribution in [0, 0.1) is 0 Å². The van der Waals surface area contributed by atoms with E-state index in [1.165, 1.54) is 31.8 Å². The summed E-state index contributed by atoms with van der Waals surface area (Å²) < 4.78 is 2.14. The summed E-state index contributed by atoms with van der Waals surface area (Å²) >= 11 is 1.80. The fourth-order valence-electron chi connectivity index (χ4n) is 2.78. The zero-order valence-corrected chi connectivity index (χ0v) is 13.1. The summed E-state index contributed by atoms with van der Waals surface area (Å²) in [5, 5.41) is 1.28. The Morgan fingerprint density at radius 2 is 1.64 bits per heavy atom. The fraction of sp³-hybridized carbons (Fsp3) is 0.0526. The summed E-state index contributed by atoms with van der Waals surface area (Å²) in [7, 11) is 2.07. The summed E-state index contributed by atoms with van der Waals surface area (Å²) in [6.45, 7) is 0. The van der Waals surface area contributed by atoms with Crippen molar-refractivity contribution in [3.8, 4) is 20.9 Å². The van der Waals surface area contributed by atoms with Crippen LogP contribution in [0.3, 0.4) is 0 Å². The Labute approximate surface area is 133 Å². The van der Waals surface area contributed by atoms with Gasteiger partial charge >= 0.3 is 0 Å². The monoisotopic (exact) mass is 304 g/mol. The molecule has 0 bridgehead atoms. The SMILES string of the molecule is Cn1ccc2cc(-c3ccc(-c4cccc(N)c4)s3)ccc21. The summed E-state index contributed by atoms with van der Waals surface area (Å²) in [5.74, 6) is 0. The van der Waals surface area contributed by atoms with E-state index < -0.39 is 0 Å². The number of hydrogen-bond acceptors (Lipinski definition) is 2. The summed E-state index contributed by atoms with van der Waals surface area (Å²) in [6, 6.07) is 21.2. The molecule has 0 spiro atoms. The predicted molar refractivity (Wildman–Crippen MR) is 96.1 cm³/mol. The van der Waals surface area contributed by atoms with E-state index in [4.69, 9.17) is 5.73 Å². The third-order valence-corrected chi connectivity index (χ3v) is 5.13. The minimum atomic E-state index is 0.804. The lowest BCUT2D eigenvalue weighted by molar-refractivity contribution is 0.969. The quantitative estimate of drug-likeness (QED) is 0.510. The normalized spacial score (nSPS) is 11.1. The van der Waals surface area contributed by atoms with Crippen molar-refractivity contribution in [3.05, 3.63) is 66.9 Å². The molecule has 0 unspecified atom stereocenters. The number of nitrogens with two attached hydrogens (primary N) is 1.